The minimum absolute atomic E-state index is 0.0469. The lowest BCUT2D eigenvalue weighted by atomic mass is 10.2. The van der Waals surface area contributed by atoms with E-state index < -0.39 is 5.91 Å². The second kappa shape index (κ2) is 7.95. The number of nitrogens with zero attached hydrogens (tertiary/aromatic N) is 1. The van der Waals surface area contributed by atoms with Crippen LogP contribution < -0.4 is 16.0 Å². The summed E-state index contributed by atoms with van der Waals surface area (Å²) in [6.07, 6.45) is 0.275. The third-order valence-corrected chi connectivity index (χ3v) is 3.09. The summed E-state index contributed by atoms with van der Waals surface area (Å²) in [5.74, 6) is -0.482. The Morgan fingerprint density at radius 2 is 1.41 bits per heavy atom. The molecular formula is C17H19N3O2. The number of hydrogen-bond donors (Lipinski definition) is 2. The lowest BCUT2D eigenvalue weighted by molar-refractivity contribution is -0.119. The van der Waals surface area contributed by atoms with Crippen LogP contribution in [0.15, 0.2) is 60.7 Å². The van der Waals surface area contributed by atoms with Crippen molar-refractivity contribution >= 4 is 23.2 Å². The zero-order valence-electron chi connectivity index (χ0n) is 12.2. The standard InChI is InChI=1S/C17H19N3O2/c18-16(21)13-19-12-11-17(22)20(14-7-3-1-4-8-14)15-9-5-2-6-10-15/h1-10,19H,11-13H2,(H2,18,21). The van der Waals surface area contributed by atoms with Crippen molar-refractivity contribution in [2.75, 3.05) is 18.0 Å². The zero-order chi connectivity index (χ0) is 15.8. The molecule has 0 aliphatic heterocycles. The van der Waals surface area contributed by atoms with Gasteiger partial charge in [0, 0.05) is 24.3 Å². The van der Waals surface area contributed by atoms with Gasteiger partial charge >= 0.3 is 0 Å². The molecule has 2 aromatic rings. The first-order valence-corrected chi connectivity index (χ1v) is 7.10. The summed E-state index contributed by atoms with van der Waals surface area (Å²) in [7, 11) is 0. The maximum atomic E-state index is 12.6. The van der Waals surface area contributed by atoms with Crippen LogP contribution in [-0.4, -0.2) is 24.9 Å². The fourth-order valence-corrected chi connectivity index (χ4v) is 2.11. The van der Waals surface area contributed by atoms with Crippen LogP contribution in [0.5, 0.6) is 0 Å². The summed E-state index contributed by atoms with van der Waals surface area (Å²) >= 11 is 0. The van der Waals surface area contributed by atoms with E-state index in [2.05, 4.69) is 5.32 Å². The highest BCUT2D eigenvalue weighted by Gasteiger charge is 2.17. The SMILES string of the molecule is NC(=O)CNCCC(=O)N(c1ccccc1)c1ccccc1. The van der Waals surface area contributed by atoms with Gasteiger partial charge in [0.05, 0.1) is 6.54 Å². The molecule has 0 aliphatic carbocycles. The number of carbonyl (C=O) groups excluding carboxylic acids is 2. The number of nitrogens with two attached hydrogens (primary N) is 1. The minimum atomic E-state index is -0.435. The molecule has 2 amide bonds. The molecule has 0 fully saturated rings. The number of para-hydroxylation sites is 2. The molecule has 2 aromatic carbocycles. The normalized spacial score (nSPS) is 10.2. The molecule has 0 unspecified atom stereocenters. The van der Waals surface area contributed by atoms with Crippen molar-refractivity contribution in [1.29, 1.82) is 0 Å². The predicted molar refractivity (Wildman–Crippen MR) is 86.7 cm³/mol. The van der Waals surface area contributed by atoms with Crippen LogP contribution in [0.2, 0.25) is 0 Å². The van der Waals surface area contributed by atoms with Crippen molar-refractivity contribution in [3.8, 4) is 0 Å². The van der Waals surface area contributed by atoms with Crippen LogP contribution >= 0.6 is 0 Å². The predicted octanol–water partition coefficient (Wildman–Crippen LogP) is 1.82. The highest BCUT2D eigenvalue weighted by Crippen LogP contribution is 2.25. The van der Waals surface area contributed by atoms with Crippen LogP contribution in [0, 0.1) is 0 Å². The lowest BCUT2D eigenvalue weighted by Gasteiger charge is -2.23. The fraction of sp³-hybridized carbons (Fsp3) is 0.176. The summed E-state index contributed by atoms with van der Waals surface area (Å²) in [4.78, 5) is 24.9. The summed E-state index contributed by atoms with van der Waals surface area (Å²) < 4.78 is 0. The molecule has 0 heterocycles. The monoisotopic (exact) mass is 297 g/mol. The quantitative estimate of drug-likeness (QED) is 0.765. The van der Waals surface area contributed by atoms with Gasteiger partial charge in [-0.2, -0.15) is 0 Å². The molecule has 114 valence electrons. The first kappa shape index (κ1) is 15.7. The Morgan fingerprint density at radius 3 is 1.86 bits per heavy atom. The van der Waals surface area contributed by atoms with Crippen molar-refractivity contribution in [2.45, 2.75) is 6.42 Å². The highest BCUT2D eigenvalue weighted by molar-refractivity contribution is 6.00. The molecular weight excluding hydrogens is 278 g/mol. The van der Waals surface area contributed by atoms with Gasteiger partial charge in [-0.1, -0.05) is 36.4 Å². The highest BCUT2D eigenvalue weighted by atomic mass is 16.2. The number of carbonyl (C=O) groups is 2. The molecule has 0 aliphatic rings. The lowest BCUT2D eigenvalue weighted by Crippen LogP contribution is -2.33. The number of rotatable bonds is 7. The fourth-order valence-electron chi connectivity index (χ4n) is 2.11. The van der Waals surface area contributed by atoms with Crippen molar-refractivity contribution in [3.63, 3.8) is 0 Å². The van der Waals surface area contributed by atoms with E-state index in [4.69, 9.17) is 5.73 Å². The van der Waals surface area contributed by atoms with Crippen molar-refractivity contribution in [1.82, 2.24) is 5.32 Å². The Balaban J connectivity index is 2.11. The molecule has 0 radical (unpaired) electrons. The van der Waals surface area contributed by atoms with Gasteiger partial charge in [0.15, 0.2) is 0 Å². The Bertz CT molecular complexity index is 575. The smallest absolute Gasteiger partial charge is 0.232 e. The summed E-state index contributed by atoms with van der Waals surface area (Å²) in [6, 6.07) is 19.0. The van der Waals surface area contributed by atoms with E-state index in [9.17, 15) is 9.59 Å². The average molecular weight is 297 g/mol. The molecule has 0 spiro atoms. The van der Waals surface area contributed by atoms with Gasteiger partial charge in [-0.05, 0) is 24.3 Å². The molecule has 0 aromatic heterocycles. The van der Waals surface area contributed by atoms with Gasteiger partial charge in [0.25, 0.3) is 0 Å². The van der Waals surface area contributed by atoms with E-state index in [1.54, 1.807) is 4.90 Å². The van der Waals surface area contributed by atoms with Crippen LogP contribution in [0.1, 0.15) is 6.42 Å². The van der Waals surface area contributed by atoms with Gasteiger partial charge in [-0.25, -0.2) is 0 Å². The number of primary amides is 1. The molecule has 0 bridgehead atoms. The molecule has 0 atom stereocenters. The number of anilines is 2. The third kappa shape index (κ3) is 4.43. The summed E-state index contributed by atoms with van der Waals surface area (Å²) in [6.45, 7) is 0.474. The number of benzene rings is 2. The van der Waals surface area contributed by atoms with Crippen LogP contribution in [0.4, 0.5) is 11.4 Å². The molecule has 2 rings (SSSR count). The third-order valence-electron chi connectivity index (χ3n) is 3.09. The first-order valence-electron chi connectivity index (χ1n) is 7.10. The van der Waals surface area contributed by atoms with E-state index in [1.807, 2.05) is 60.7 Å². The molecule has 3 N–H and O–H groups in total. The second-order valence-electron chi connectivity index (χ2n) is 4.79. The average Bonchev–Trinajstić information content (AvgIpc) is 2.54. The zero-order valence-corrected chi connectivity index (χ0v) is 12.2. The maximum absolute atomic E-state index is 12.6. The number of nitrogens with one attached hydrogen (secondary N) is 1. The molecule has 5 heteroatoms. The molecule has 5 nitrogen and oxygen atoms in total. The summed E-state index contributed by atoms with van der Waals surface area (Å²) in [5, 5.41) is 2.85. The maximum Gasteiger partial charge on any atom is 0.232 e. The topological polar surface area (TPSA) is 75.4 Å². The summed E-state index contributed by atoms with van der Waals surface area (Å²) in [5.41, 5.74) is 6.68. The Morgan fingerprint density at radius 1 is 0.909 bits per heavy atom. The Hall–Kier alpha value is -2.66. The minimum Gasteiger partial charge on any atom is -0.369 e. The van der Waals surface area contributed by atoms with E-state index in [-0.39, 0.29) is 18.9 Å². The van der Waals surface area contributed by atoms with Crippen molar-refractivity contribution < 1.29 is 9.59 Å². The van der Waals surface area contributed by atoms with Crippen molar-refractivity contribution in [3.05, 3.63) is 60.7 Å². The Kier molecular flexibility index (Phi) is 5.68. The molecule has 0 saturated carbocycles. The second-order valence-corrected chi connectivity index (χ2v) is 4.79. The van der Waals surface area contributed by atoms with Crippen molar-refractivity contribution in [2.24, 2.45) is 5.73 Å². The van der Waals surface area contributed by atoms with Crippen LogP contribution in [-0.2, 0) is 9.59 Å². The van der Waals surface area contributed by atoms with Gasteiger partial charge in [-0.15, -0.1) is 0 Å². The van der Waals surface area contributed by atoms with E-state index >= 15 is 0 Å². The van der Waals surface area contributed by atoms with Gasteiger partial charge in [-0.3, -0.25) is 14.5 Å². The van der Waals surface area contributed by atoms with Crippen LogP contribution in [0.25, 0.3) is 0 Å². The first-order chi connectivity index (χ1) is 10.7. The van der Waals surface area contributed by atoms with Crippen LogP contribution in [0.3, 0.4) is 0 Å². The number of amides is 2. The van der Waals surface area contributed by atoms with Gasteiger partial charge in [0.1, 0.15) is 0 Å². The number of hydrogen-bond acceptors (Lipinski definition) is 3. The van der Waals surface area contributed by atoms with Gasteiger partial charge < -0.3 is 11.1 Å². The van der Waals surface area contributed by atoms with E-state index in [0.717, 1.165) is 11.4 Å². The Labute approximate surface area is 129 Å². The van der Waals surface area contributed by atoms with Gasteiger partial charge in [0.2, 0.25) is 11.8 Å². The van der Waals surface area contributed by atoms with E-state index in [1.165, 1.54) is 0 Å². The largest absolute Gasteiger partial charge is 0.369 e. The molecule has 22 heavy (non-hydrogen) atoms. The van der Waals surface area contributed by atoms with E-state index in [0.29, 0.717) is 6.54 Å². The molecule has 0 saturated heterocycles.